The van der Waals surface area contributed by atoms with E-state index in [9.17, 15) is 8.42 Å². The van der Waals surface area contributed by atoms with Gasteiger partial charge in [-0.1, -0.05) is 62.2 Å². The van der Waals surface area contributed by atoms with Gasteiger partial charge in [-0.2, -0.15) is 8.42 Å². The number of rotatable bonds is 8. The molecule has 0 amide bonds. The molecule has 0 radical (unpaired) electrons. The maximum absolute atomic E-state index is 12.4. The van der Waals surface area contributed by atoms with Gasteiger partial charge in [0.05, 0.1) is 6.61 Å². The molecule has 1 unspecified atom stereocenters. The SMILES string of the molecule is CCC(C)COc1ccc(-c2ccc(OS(=O)(=O)c3ccc(C)cc3)cc2)cc1. The summed E-state index contributed by atoms with van der Waals surface area (Å²) in [6.07, 6.45) is 1.09. The fourth-order valence-electron chi connectivity index (χ4n) is 2.68. The third kappa shape index (κ3) is 5.61. The van der Waals surface area contributed by atoms with Gasteiger partial charge in [0.1, 0.15) is 16.4 Å². The molecule has 0 saturated carbocycles. The third-order valence-electron chi connectivity index (χ3n) is 4.79. The molecule has 0 N–H and O–H groups in total. The molecule has 0 heterocycles. The van der Waals surface area contributed by atoms with E-state index in [0.717, 1.165) is 28.9 Å². The van der Waals surface area contributed by atoms with Crippen LogP contribution in [-0.2, 0) is 10.1 Å². The smallest absolute Gasteiger partial charge is 0.339 e. The highest BCUT2D eigenvalue weighted by Crippen LogP contribution is 2.26. The zero-order chi connectivity index (χ0) is 20.9. The Bertz CT molecular complexity index is 1020. The molecule has 4 nitrogen and oxygen atoms in total. The highest BCUT2D eigenvalue weighted by Gasteiger charge is 2.16. The van der Waals surface area contributed by atoms with Gasteiger partial charge >= 0.3 is 10.1 Å². The summed E-state index contributed by atoms with van der Waals surface area (Å²) in [5.41, 5.74) is 2.98. The topological polar surface area (TPSA) is 52.6 Å². The monoisotopic (exact) mass is 410 g/mol. The van der Waals surface area contributed by atoms with Crippen LogP contribution in [0.5, 0.6) is 11.5 Å². The molecule has 1 atom stereocenters. The number of ether oxygens (including phenoxy) is 1. The highest BCUT2D eigenvalue weighted by molar-refractivity contribution is 7.87. The molecule has 0 aliphatic carbocycles. The Labute approximate surface area is 173 Å². The van der Waals surface area contributed by atoms with E-state index in [4.69, 9.17) is 8.92 Å². The Kier molecular flexibility index (Phi) is 6.60. The number of aryl methyl sites for hydroxylation is 1. The number of benzene rings is 3. The zero-order valence-corrected chi connectivity index (χ0v) is 17.8. The summed E-state index contributed by atoms with van der Waals surface area (Å²) in [4.78, 5) is 0.139. The van der Waals surface area contributed by atoms with Gasteiger partial charge in [0.2, 0.25) is 0 Å². The minimum atomic E-state index is -3.85. The van der Waals surface area contributed by atoms with Crippen LogP contribution < -0.4 is 8.92 Å². The van der Waals surface area contributed by atoms with E-state index in [-0.39, 0.29) is 10.6 Å². The van der Waals surface area contributed by atoms with Gasteiger partial charge in [0, 0.05) is 0 Å². The predicted octanol–water partition coefficient (Wildman–Crippen LogP) is 5.85. The molecule has 0 saturated heterocycles. The second-order valence-corrected chi connectivity index (χ2v) is 8.77. The predicted molar refractivity (Wildman–Crippen MR) is 116 cm³/mol. The van der Waals surface area contributed by atoms with E-state index in [1.165, 1.54) is 0 Å². The van der Waals surface area contributed by atoms with Gasteiger partial charge in [-0.25, -0.2) is 0 Å². The zero-order valence-electron chi connectivity index (χ0n) is 17.0. The van der Waals surface area contributed by atoms with Crippen LogP contribution in [0.3, 0.4) is 0 Å². The van der Waals surface area contributed by atoms with Crippen molar-refractivity contribution in [2.45, 2.75) is 32.1 Å². The molecule has 0 aliphatic heterocycles. The lowest BCUT2D eigenvalue weighted by atomic mass is 10.1. The first-order chi connectivity index (χ1) is 13.9. The van der Waals surface area contributed by atoms with Crippen molar-refractivity contribution in [3.05, 3.63) is 78.4 Å². The maximum atomic E-state index is 12.4. The van der Waals surface area contributed by atoms with Crippen molar-refractivity contribution in [1.29, 1.82) is 0 Å². The average Bonchev–Trinajstić information content (AvgIpc) is 2.73. The van der Waals surface area contributed by atoms with Gasteiger partial charge in [-0.15, -0.1) is 0 Å². The second-order valence-electron chi connectivity index (χ2n) is 7.22. The molecule has 0 spiro atoms. The normalized spacial score (nSPS) is 12.4. The van der Waals surface area contributed by atoms with E-state index in [0.29, 0.717) is 12.5 Å². The van der Waals surface area contributed by atoms with Gasteiger partial charge in [-0.3, -0.25) is 0 Å². The van der Waals surface area contributed by atoms with Crippen LogP contribution in [0.25, 0.3) is 11.1 Å². The lowest BCUT2D eigenvalue weighted by Gasteiger charge is -2.11. The maximum Gasteiger partial charge on any atom is 0.339 e. The molecule has 3 aromatic rings. The molecule has 3 aromatic carbocycles. The van der Waals surface area contributed by atoms with E-state index in [1.54, 1.807) is 36.4 Å². The molecular weight excluding hydrogens is 384 g/mol. The van der Waals surface area contributed by atoms with Gasteiger partial charge in [-0.05, 0) is 60.4 Å². The summed E-state index contributed by atoms with van der Waals surface area (Å²) in [5.74, 6) is 1.65. The van der Waals surface area contributed by atoms with Crippen LogP contribution in [0.15, 0.2) is 77.7 Å². The molecule has 29 heavy (non-hydrogen) atoms. The molecular formula is C24H26O4S. The standard InChI is InChI=1S/C24H26O4S/c1-4-18(2)17-27-22-11-7-20(8-12-22)21-9-13-23(14-10-21)28-29(25,26)24-15-5-19(3)6-16-24/h5-16,18H,4,17H2,1-3H3. The minimum absolute atomic E-state index is 0.139. The summed E-state index contributed by atoms with van der Waals surface area (Å²) < 4.78 is 35.8. The Morgan fingerprint density at radius 3 is 1.83 bits per heavy atom. The van der Waals surface area contributed by atoms with E-state index < -0.39 is 10.1 Å². The second kappa shape index (κ2) is 9.14. The van der Waals surface area contributed by atoms with Crippen molar-refractivity contribution in [1.82, 2.24) is 0 Å². The molecule has 152 valence electrons. The van der Waals surface area contributed by atoms with Crippen molar-refractivity contribution >= 4 is 10.1 Å². The summed E-state index contributed by atoms with van der Waals surface area (Å²) >= 11 is 0. The van der Waals surface area contributed by atoms with Crippen molar-refractivity contribution in [2.75, 3.05) is 6.61 Å². The lowest BCUT2D eigenvalue weighted by molar-refractivity contribution is 0.256. The summed E-state index contributed by atoms with van der Waals surface area (Å²) in [6.45, 7) is 6.92. The largest absolute Gasteiger partial charge is 0.493 e. The first kappa shape index (κ1) is 20.9. The Balaban J connectivity index is 1.67. The van der Waals surface area contributed by atoms with E-state index >= 15 is 0 Å². The third-order valence-corrected chi connectivity index (χ3v) is 6.05. The Morgan fingerprint density at radius 1 is 0.793 bits per heavy atom. The quantitative estimate of drug-likeness (QED) is 0.437. The highest BCUT2D eigenvalue weighted by atomic mass is 32.2. The Morgan fingerprint density at radius 2 is 1.31 bits per heavy atom. The minimum Gasteiger partial charge on any atom is -0.493 e. The average molecular weight is 411 g/mol. The summed E-state index contributed by atoms with van der Waals surface area (Å²) in [5, 5.41) is 0. The van der Waals surface area contributed by atoms with Gasteiger partial charge in [0.15, 0.2) is 0 Å². The van der Waals surface area contributed by atoms with Crippen LogP contribution in [0, 0.1) is 12.8 Å². The van der Waals surface area contributed by atoms with Crippen molar-refractivity contribution in [3.63, 3.8) is 0 Å². The van der Waals surface area contributed by atoms with Gasteiger partial charge in [0.25, 0.3) is 0 Å². The molecule has 0 fully saturated rings. The van der Waals surface area contributed by atoms with Crippen LogP contribution in [0.1, 0.15) is 25.8 Å². The van der Waals surface area contributed by atoms with Crippen LogP contribution in [0.4, 0.5) is 0 Å². The van der Waals surface area contributed by atoms with E-state index in [2.05, 4.69) is 13.8 Å². The van der Waals surface area contributed by atoms with Crippen LogP contribution in [-0.4, -0.2) is 15.0 Å². The number of hydrogen-bond donors (Lipinski definition) is 0. The number of hydrogen-bond acceptors (Lipinski definition) is 4. The first-order valence-electron chi connectivity index (χ1n) is 9.72. The molecule has 0 bridgehead atoms. The van der Waals surface area contributed by atoms with E-state index in [1.807, 2.05) is 43.3 Å². The van der Waals surface area contributed by atoms with Crippen LogP contribution >= 0.6 is 0 Å². The molecule has 3 rings (SSSR count). The van der Waals surface area contributed by atoms with Crippen molar-refractivity contribution in [2.24, 2.45) is 5.92 Å². The first-order valence-corrected chi connectivity index (χ1v) is 11.1. The summed E-state index contributed by atoms with van der Waals surface area (Å²) in [7, 11) is -3.85. The summed E-state index contributed by atoms with van der Waals surface area (Å²) in [6, 6.07) is 21.5. The fraction of sp³-hybridized carbons (Fsp3) is 0.250. The van der Waals surface area contributed by atoms with Crippen LogP contribution in [0.2, 0.25) is 0 Å². The van der Waals surface area contributed by atoms with Crippen molar-refractivity contribution < 1.29 is 17.3 Å². The van der Waals surface area contributed by atoms with Crippen molar-refractivity contribution in [3.8, 4) is 22.6 Å². The molecule has 0 aliphatic rings. The Hall–Kier alpha value is -2.79. The fourth-order valence-corrected chi connectivity index (χ4v) is 3.61. The van der Waals surface area contributed by atoms with Gasteiger partial charge < -0.3 is 8.92 Å². The lowest BCUT2D eigenvalue weighted by Crippen LogP contribution is -2.09. The molecule has 0 aromatic heterocycles. The molecule has 5 heteroatoms.